The molecule has 0 amide bonds. The first-order chi connectivity index (χ1) is 6.70. The van der Waals surface area contributed by atoms with Crippen molar-refractivity contribution in [1.82, 2.24) is 0 Å². The molecule has 76 valence electrons. The zero-order valence-corrected chi connectivity index (χ0v) is 8.53. The Balaban J connectivity index is 3.06. The molecule has 0 bridgehead atoms. The van der Waals surface area contributed by atoms with Gasteiger partial charge in [0, 0.05) is 5.56 Å². The van der Waals surface area contributed by atoms with E-state index < -0.39 is 0 Å². The molecular weight excluding hydrogens is 174 g/mol. The van der Waals surface area contributed by atoms with Crippen molar-refractivity contribution < 1.29 is 5.11 Å². The van der Waals surface area contributed by atoms with Crippen molar-refractivity contribution in [3.05, 3.63) is 42.0 Å². The second kappa shape index (κ2) is 4.82. The number of para-hydroxylation sites is 1. The van der Waals surface area contributed by atoms with Crippen LogP contribution >= 0.6 is 0 Å². The maximum Gasteiger partial charge on any atom is 0.123 e. The molecule has 0 heterocycles. The zero-order chi connectivity index (χ0) is 10.6. The predicted molar refractivity (Wildman–Crippen MR) is 59.2 cm³/mol. The minimum Gasteiger partial charge on any atom is -0.507 e. The van der Waals surface area contributed by atoms with Gasteiger partial charge in [0.25, 0.3) is 0 Å². The van der Waals surface area contributed by atoms with Crippen LogP contribution in [0, 0.1) is 0 Å². The minimum atomic E-state index is -0.285. The highest BCUT2D eigenvalue weighted by atomic mass is 16.3. The van der Waals surface area contributed by atoms with Crippen molar-refractivity contribution in [2.24, 2.45) is 5.73 Å². The average Bonchev–Trinajstić information content (AvgIpc) is 2.20. The molecule has 0 fully saturated rings. The summed E-state index contributed by atoms with van der Waals surface area (Å²) in [6, 6.07) is 5.40. The molecule has 14 heavy (non-hydrogen) atoms. The number of hydrogen-bond acceptors (Lipinski definition) is 2. The summed E-state index contributed by atoms with van der Waals surface area (Å²) in [6.45, 7) is 5.70. The first kappa shape index (κ1) is 10.8. The molecule has 0 radical (unpaired) electrons. The molecule has 1 aromatic carbocycles. The van der Waals surface area contributed by atoms with Crippen molar-refractivity contribution >= 4 is 0 Å². The molecule has 0 aliphatic carbocycles. The smallest absolute Gasteiger partial charge is 0.123 e. The fourth-order valence-electron chi connectivity index (χ4n) is 1.48. The lowest BCUT2D eigenvalue weighted by atomic mass is 10.0. The summed E-state index contributed by atoms with van der Waals surface area (Å²) in [5.41, 5.74) is 7.50. The van der Waals surface area contributed by atoms with Crippen LogP contribution in [0.25, 0.3) is 0 Å². The van der Waals surface area contributed by atoms with Crippen LogP contribution in [0.1, 0.15) is 30.5 Å². The van der Waals surface area contributed by atoms with Gasteiger partial charge in [-0.2, -0.15) is 0 Å². The van der Waals surface area contributed by atoms with Gasteiger partial charge in [-0.1, -0.05) is 37.6 Å². The van der Waals surface area contributed by atoms with Crippen LogP contribution in [0.5, 0.6) is 5.75 Å². The third kappa shape index (κ3) is 2.15. The van der Waals surface area contributed by atoms with Crippen LogP contribution in [-0.4, -0.2) is 5.11 Å². The van der Waals surface area contributed by atoms with E-state index in [1.165, 1.54) is 0 Å². The van der Waals surface area contributed by atoms with Crippen molar-refractivity contribution in [2.45, 2.75) is 25.8 Å². The topological polar surface area (TPSA) is 46.2 Å². The number of rotatable bonds is 4. The van der Waals surface area contributed by atoms with Crippen LogP contribution in [-0.2, 0) is 6.42 Å². The average molecular weight is 191 g/mol. The van der Waals surface area contributed by atoms with Crippen LogP contribution in [0.15, 0.2) is 30.9 Å². The quantitative estimate of drug-likeness (QED) is 0.718. The van der Waals surface area contributed by atoms with Gasteiger partial charge in [-0.05, 0) is 12.0 Å². The van der Waals surface area contributed by atoms with E-state index in [2.05, 4.69) is 13.5 Å². The Bertz CT molecular complexity index is 320. The van der Waals surface area contributed by atoms with E-state index in [9.17, 15) is 5.11 Å². The Hall–Kier alpha value is -1.28. The molecule has 0 aliphatic rings. The van der Waals surface area contributed by atoms with E-state index in [0.717, 1.165) is 24.0 Å². The van der Waals surface area contributed by atoms with Crippen molar-refractivity contribution in [3.8, 4) is 5.75 Å². The lowest BCUT2D eigenvalue weighted by Crippen LogP contribution is -2.07. The number of phenols is 1. The van der Waals surface area contributed by atoms with Crippen molar-refractivity contribution in [2.75, 3.05) is 0 Å². The van der Waals surface area contributed by atoms with Crippen LogP contribution in [0.4, 0.5) is 0 Å². The SMILES string of the molecule is C=C[C@@H](N)c1cccc(CCC)c1O. The second-order valence-corrected chi connectivity index (χ2v) is 3.37. The maximum absolute atomic E-state index is 9.89. The first-order valence-corrected chi connectivity index (χ1v) is 4.89. The van der Waals surface area contributed by atoms with E-state index in [1.54, 1.807) is 6.08 Å². The molecule has 0 saturated carbocycles. The second-order valence-electron chi connectivity index (χ2n) is 3.37. The number of aryl methyl sites for hydroxylation is 1. The van der Waals surface area contributed by atoms with Gasteiger partial charge >= 0.3 is 0 Å². The number of aromatic hydroxyl groups is 1. The number of nitrogens with two attached hydrogens (primary N) is 1. The Morgan fingerprint density at radius 3 is 2.86 bits per heavy atom. The summed E-state index contributed by atoms with van der Waals surface area (Å²) in [6.07, 6.45) is 3.52. The fraction of sp³-hybridized carbons (Fsp3) is 0.333. The molecule has 1 aromatic rings. The summed E-state index contributed by atoms with van der Waals surface area (Å²) < 4.78 is 0. The van der Waals surface area contributed by atoms with Gasteiger partial charge in [-0.25, -0.2) is 0 Å². The molecule has 3 N–H and O–H groups in total. The Kier molecular flexibility index (Phi) is 3.72. The summed E-state index contributed by atoms with van der Waals surface area (Å²) in [5.74, 6) is 0.321. The number of benzene rings is 1. The highest BCUT2D eigenvalue weighted by molar-refractivity contribution is 5.43. The predicted octanol–water partition coefficient (Wildman–Crippen LogP) is 2.53. The van der Waals surface area contributed by atoms with Crippen molar-refractivity contribution in [1.29, 1.82) is 0 Å². The Labute approximate surface area is 85.1 Å². The monoisotopic (exact) mass is 191 g/mol. The normalized spacial score (nSPS) is 12.4. The van der Waals surface area contributed by atoms with Crippen molar-refractivity contribution in [3.63, 3.8) is 0 Å². The first-order valence-electron chi connectivity index (χ1n) is 4.89. The summed E-state index contributed by atoms with van der Waals surface area (Å²) in [4.78, 5) is 0. The highest BCUT2D eigenvalue weighted by Gasteiger charge is 2.10. The fourth-order valence-corrected chi connectivity index (χ4v) is 1.48. The Morgan fingerprint density at radius 2 is 2.29 bits per heavy atom. The Morgan fingerprint density at radius 1 is 1.57 bits per heavy atom. The largest absolute Gasteiger partial charge is 0.507 e. The molecule has 1 rings (SSSR count). The van der Waals surface area contributed by atoms with Gasteiger partial charge < -0.3 is 10.8 Å². The number of phenolic OH excluding ortho intramolecular Hbond substituents is 1. The molecule has 0 aromatic heterocycles. The van der Waals surface area contributed by atoms with Gasteiger partial charge in [0.05, 0.1) is 6.04 Å². The van der Waals surface area contributed by atoms with Crippen LogP contribution < -0.4 is 5.73 Å². The molecule has 0 aliphatic heterocycles. The van der Waals surface area contributed by atoms with Gasteiger partial charge in [-0.15, -0.1) is 6.58 Å². The zero-order valence-electron chi connectivity index (χ0n) is 8.53. The van der Waals surface area contributed by atoms with Crippen LogP contribution in [0.2, 0.25) is 0 Å². The molecular formula is C12H17NO. The minimum absolute atomic E-state index is 0.285. The van der Waals surface area contributed by atoms with E-state index in [0.29, 0.717) is 5.75 Å². The molecule has 0 unspecified atom stereocenters. The highest BCUT2D eigenvalue weighted by Crippen LogP contribution is 2.27. The summed E-state index contributed by atoms with van der Waals surface area (Å²) in [7, 11) is 0. The van der Waals surface area contributed by atoms with E-state index in [4.69, 9.17) is 5.73 Å². The van der Waals surface area contributed by atoms with E-state index in [1.807, 2.05) is 18.2 Å². The summed E-state index contributed by atoms with van der Waals surface area (Å²) >= 11 is 0. The standard InChI is InChI=1S/C12H17NO/c1-3-6-9-7-5-8-10(12(9)14)11(13)4-2/h4-5,7-8,11,14H,2-3,6,13H2,1H3/t11-/m1/s1. The summed E-state index contributed by atoms with van der Waals surface area (Å²) in [5, 5.41) is 9.89. The van der Waals surface area contributed by atoms with E-state index >= 15 is 0 Å². The molecule has 0 saturated heterocycles. The molecule has 1 atom stereocenters. The van der Waals surface area contributed by atoms with Gasteiger partial charge in [-0.3, -0.25) is 0 Å². The third-order valence-corrected chi connectivity index (χ3v) is 2.28. The molecule has 2 heteroatoms. The van der Waals surface area contributed by atoms with Gasteiger partial charge in [0.1, 0.15) is 5.75 Å². The van der Waals surface area contributed by atoms with E-state index in [-0.39, 0.29) is 6.04 Å². The lowest BCUT2D eigenvalue weighted by Gasteiger charge is -2.12. The number of hydrogen-bond donors (Lipinski definition) is 2. The molecule has 0 spiro atoms. The third-order valence-electron chi connectivity index (χ3n) is 2.28. The molecule has 2 nitrogen and oxygen atoms in total. The van der Waals surface area contributed by atoms with Crippen LogP contribution in [0.3, 0.4) is 0 Å². The maximum atomic E-state index is 9.89. The van der Waals surface area contributed by atoms with Gasteiger partial charge in [0.2, 0.25) is 0 Å². The van der Waals surface area contributed by atoms with Gasteiger partial charge in [0.15, 0.2) is 0 Å². The lowest BCUT2D eigenvalue weighted by molar-refractivity contribution is 0.458.